The molecule has 5 nitrogen and oxygen atoms in total. The van der Waals surface area contributed by atoms with Gasteiger partial charge in [-0.1, -0.05) is 11.8 Å². The Balaban J connectivity index is 2.41. The van der Waals surface area contributed by atoms with E-state index in [0.717, 1.165) is 17.9 Å². The number of hydrogen-bond acceptors (Lipinski definition) is 5. The van der Waals surface area contributed by atoms with Gasteiger partial charge in [-0.15, -0.1) is 0 Å². The average Bonchev–Trinajstić information content (AvgIpc) is 2.28. The molecule has 0 amide bonds. The van der Waals surface area contributed by atoms with Crippen molar-refractivity contribution in [3.8, 4) is 0 Å². The van der Waals surface area contributed by atoms with Crippen LogP contribution in [0.1, 0.15) is 26.0 Å². The molecule has 1 N–H and O–H groups in total. The molecule has 1 aromatic heterocycles. The SMILES string of the molecule is CCOC(CCSc1nc(C)cc(=O)[nH]1)OCC. The number of thioether (sulfide) groups is 1. The first-order chi connectivity index (χ1) is 8.65. The Morgan fingerprint density at radius 3 is 2.61 bits per heavy atom. The van der Waals surface area contributed by atoms with E-state index in [1.54, 1.807) is 0 Å². The molecule has 0 radical (unpaired) electrons. The summed E-state index contributed by atoms with van der Waals surface area (Å²) < 4.78 is 10.9. The van der Waals surface area contributed by atoms with Crippen molar-refractivity contribution in [1.29, 1.82) is 0 Å². The molecule has 0 aliphatic carbocycles. The molecule has 0 unspecified atom stereocenters. The largest absolute Gasteiger partial charge is 0.353 e. The van der Waals surface area contributed by atoms with E-state index in [1.807, 2.05) is 20.8 Å². The number of H-pyrrole nitrogens is 1. The van der Waals surface area contributed by atoms with Crippen molar-refractivity contribution >= 4 is 11.8 Å². The molecule has 0 aliphatic rings. The van der Waals surface area contributed by atoms with E-state index in [9.17, 15) is 4.79 Å². The van der Waals surface area contributed by atoms with Crippen molar-refractivity contribution in [2.75, 3.05) is 19.0 Å². The quantitative estimate of drug-likeness (QED) is 0.445. The van der Waals surface area contributed by atoms with Crippen LogP contribution in [0, 0.1) is 6.92 Å². The zero-order chi connectivity index (χ0) is 13.4. The van der Waals surface area contributed by atoms with E-state index < -0.39 is 0 Å². The number of nitrogens with one attached hydrogen (secondary N) is 1. The van der Waals surface area contributed by atoms with Gasteiger partial charge in [-0.05, 0) is 20.8 Å². The van der Waals surface area contributed by atoms with Crippen LogP contribution in [0.15, 0.2) is 16.0 Å². The maximum atomic E-state index is 11.3. The molecule has 1 rings (SSSR count). The van der Waals surface area contributed by atoms with Crippen LogP contribution in [0.2, 0.25) is 0 Å². The first kappa shape index (κ1) is 15.2. The molecule has 0 aromatic carbocycles. The van der Waals surface area contributed by atoms with Crippen LogP contribution < -0.4 is 5.56 Å². The highest BCUT2D eigenvalue weighted by atomic mass is 32.2. The number of nitrogens with zero attached hydrogens (tertiary/aromatic N) is 1. The van der Waals surface area contributed by atoms with Crippen molar-refractivity contribution in [2.24, 2.45) is 0 Å². The molecule has 0 fully saturated rings. The Kier molecular flexibility index (Phi) is 7.00. The highest BCUT2D eigenvalue weighted by Crippen LogP contribution is 2.15. The number of hydrogen-bond donors (Lipinski definition) is 1. The van der Waals surface area contributed by atoms with Gasteiger partial charge < -0.3 is 14.5 Å². The monoisotopic (exact) mass is 272 g/mol. The minimum Gasteiger partial charge on any atom is -0.353 e. The molecule has 18 heavy (non-hydrogen) atoms. The second-order valence-electron chi connectivity index (χ2n) is 3.67. The van der Waals surface area contributed by atoms with E-state index >= 15 is 0 Å². The summed E-state index contributed by atoms with van der Waals surface area (Å²) in [6.45, 7) is 6.96. The maximum absolute atomic E-state index is 11.3. The molecule has 0 spiro atoms. The lowest BCUT2D eigenvalue weighted by Crippen LogP contribution is -2.18. The molecule has 1 heterocycles. The van der Waals surface area contributed by atoms with Crippen molar-refractivity contribution in [3.63, 3.8) is 0 Å². The van der Waals surface area contributed by atoms with Gasteiger partial charge in [0.25, 0.3) is 5.56 Å². The lowest BCUT2D eigenvalue weighted by Gasteiger charge is -2.16. The molecule has 1 aromatic rings. The standard InChI is InChI=1S/C12H20N2O3S/c1-4-16-11(17-5-2)6-7-18-12-13-9(3)8-10(15)14-12/h8,11H,4-7H2,1-3H3,(H,13,14,15). The van der Waals surface area contributed by atoms with Gasteiger partial charge in [-0.25, -0.2) is 4.98 Å². The molecular weight excluding hydrogens is 252 g/mol. The van der Waals surface area contributed by atoms with Gasteiger partial charge in [0.1, 0.15) is 0 Å². The molecule has 0 aliphatic heterocycles. The number of aromatic amines is 1. The van der Waals surface area contributed by atoms with Gasteiger partial charge in [0.15, 0.2) is 11.4 Å². The fourth-order valence-corrected chi connectivity index (χ4v) is 2.34. The normalized spacial score (nSPS) is 11.1. The van der Waals surface area contributed by atoms with E-state index in [2.05, 4.69) is 9.97 Å². The fourth-order valence-electron chi connectivity index (χ4n) is 1.46. The minimum atomic E-state index is -0.177. The Labute approximate surface area is 111 Å². The van der Waals surface area contributed by atoms with Gasteiger partial charge in [-0.2, -0.15) is 0 Å². The zero-order valence-corrected chi connectivity index (χ0v) is 11.9. The fraction of sp³-hybridized carbons (Fsp3) is 0.667. The van der Waals surface area contributed by atoms with Crippen LogP contribution in [0.5, 0.6) is 0 Å². The van der Waals surface area contributed by atoms with Gasteiger partial charge in [0.2, 0.25) is 0 Å². The summed E-state index contributed by atoms with van der Waals surface area (Å²) in [5.41, 5.74) is 0.614. The zero-order valence-electron chi connectivity index (χ0n) is 11.1. The summed E-state index contributed by atoms with van der Waals surface area (Å²) in [7, 11) is 0. The third-order valence-electron chi connectivity index (χ3n) is 2.15. The summed E-state index contributed by atoms with van der Waals surface area (Å²) in [5, 5.41) is 0.645. The second-order valence-corrected chi connectivity index (χ2v) is 4.75. The number of rotatable bonds is 8. The Morgan fingerprint density at radius 2 is 2.06 bits per heavy atom. The Bertz CT molecular complexity index is 403. The minimum absolute atomic E-state index is 0.115. The molecule has 0 atom stereocenters. The summed E-state index contributed by atoms with van der Waals surface area (Å²) in [4.78, 5) is 18.2. The topological polar surface area (TPSA) is 64.2 Å². The van der Waals surface area contributed by atoms with Gasteiger partial charge >= 0.3 is 0 Å². The summed E-state index contributed by atoms with van der Waals surface area (Å²) in [5.74, 6) is 0.789. The van der Waals surface area contributed by atoms with Crippen molar-refractivity contribution in [3.05, 3.63) is 22.1 Å². The summed E-state index contributed by atoms with van der Waals surface area (Å²) >= 11 is 1.50. The number of ether oxygens (including phenoxy) is 2. The molecule has 0 saturated carbocycles. The number of aromatic nitrogens is 2. The molecule has 102 valence electrons. The summed E-state index contributed by atoms with van der Waals surface area (Å²) in [6, 6.07) is 1.48. The van der Waals surface area contributed by atoms with Crippen molar-refractivity contribution in [2.45, 2.75) is 38.6 Å². The third kappa shape index (κ3) is 5.66. The van der Waals surface area contributed by atoms with E-state index in [4.69, 9.17) is 9.47 Å². The maximum Gasteiger partial charge on any atom is 0.251 e. The second kappa shape index (κ2) is 8.29. The average molecular weight is 272 g/mol. The van der Waals surface area contributed by atoms with Gasteiger partial charge in [-0.3, -0.25) is 4.79 Å². The van der Waals surface area contributed by atoms with E-state index in [-0.39, 0.29) is 11.8 Å². The van der Waals surface area contributed by atoms with Crippen LogP contribution >= 0.6 is 11.8 Å². The van der Waals surface area contributed by atoms with Gasteiger partial charge in [0, 0.05) is 37.1 Å². The summed E-state index contributed by atoms with van der Waals surface area (Å²) in [6.07, 6.45) is 0.591. The highest BCUT2D eigenvalue weighted by Gasteiger charge is 2.08. The first-order valence-electron chi connectivity index (χ1n) is 6.09. The highest BCUT2D eigenvalue weighted by molar-refractivity contribution is 7.99. The molecule has 6 heteroatoms. The van der Waals surface area contributed by atoms with Crippen LogP contribution in [0.4, 0.5) is 0 Å². The van der Waals surface area contributed by atoms with Crippen LogP contribution in [0.3, 0.4) is 0 Å². The number of aryl methyl sites for hydroxylation is 1. The van der Waals surface area contributed by atoms with E-state index in [1.165, 1.54) is 17.8 Å². The lowest BCUT2D eigenvalue weighted by atomic mass is 10.5. The smallest absolute Gasteiger partial charge is 0.251 e. The van der Waals surface area contributed by atoms with Crippen molar-refractivity contribution < 1.29 is 9.47 Å². The molecule has 0 bridgehead atoms. The molecule has 0 saturated heterocycles. The predicted molar refractivity (Wildman–Crippen MR) is 72.0 cm³/mol. The van der Waals surface area contributed by atoms with Crippen molar-refractivity contribution in [1.82, 2.24) is 9.97 Å². The van der Waals surface area contributed by atoms with Crippen LogP contribution in [0.25, 0.3) is 0 Å². The Morgan fingerprint density at radius 1 is 1.39 bits per heavy atom. The molecular formula is C12H20N2O3S. The van der Waals surface area contributed by atoms with Crippen LogP contribution in [-0.4, -0.2) is 35.2 Å². The first-order valence-corrected chi connectivity index (χ1v) is 7.08. The Hall–Kier alpha value is -0.850. The van der Waals surface area contributed by atoms with Crippen LogP contribution in [-0.2, 0) is 9.47 Å². The lowest BCUT2D eigenvalue weighted by molar-refractivity contribution is -0.136. The van der Waals surface area contributed by atoms with E-state index in [0.29, 0.717) is 18.4 Å². The van der Waals surface area contributed by atoms with Gasteiger partial charge in [0.05, 0.1) is 0 Å². The third-order valence-corrected chi connectivity index (χ3v) is 3.05. The predicted octanol–water partition coefficient (Wildman–Crippen LogP) is 1.96.